The summed E-state index contributed by atoms with van der Waals surface area (Å²) in [6, 6.07) is 3.65. The van der Waals surface area contributed by atoms with E-state index in [2.05, 4.69) is 25.7 Å². The van der Waals surface area contributed by atoms with Gasteiger partial charge in [0.1, 0.15) is 0 Å². The van der Waals surface area contributed by atoms with Crippen LogP contribution in [0.25, 0.3) is 5.57 Å². The molecular weight excluding hydrogens is 410 g/mol. The van der Waals surface area contributed by atoms with Crippen molar-refractivity contribution in [3.63, 3.8) is 0 Å². The maximum absolute atomic E-state index is 14.9. The monoisotopic (exact) mass is 454 g/mol. The molecule has 2 fully saturated rings. The second kappa shape index (κ2) is 11.8. The van der Waals surface area contributed by atoms with Crippen LogP contribution in [0.4, 0.5) is 8.78 Å². The summed E-state index contributed by atoms with van der Waals surface area (Å²) in [7, 11) is 0. The third-order valence-corrected chi connectivity index (χ3v) is 9.31. The molecule has 0 spiro atoms. The van der Waals surface area contributed by atoms with Gasteiger partial charge in [-0.05, 0) is 124 Å². The number of aryl methyl sites for hydroxylation is 1. The van der Waals surface area contributed by atoms with Crippen molar-refractivity contribution in [1.29, 1.82) is 0 Å². The van der Waals surface area contributed by atoms with E-state index in [1.165, 1.54) is 51.4 Å². The normalized spacial score (nSPS) is 30.6. The summed E-state index contributed by atoms with van der Waals surface area (Å²) in [4.78, 5) is 0. The number of benzene rings is 1. The lowest BCUT2D eigenvalue weighted by Gasteiger charge is -2.40. The van der Waals surface area contributed by atoms with Crippen molar-refractivity contribution in [3.8, 4) is 0 Å². The Morgan fingerprint density at radius 2 is 1.45 bits per heavy atom. The maximum atomic E-state index is 14.9. The first-order valence-electron chi connectivity index (χ1n) is 13.9. The van der Waals surface area contributed by atoms with Gasteiger partial charge in [-0.25, -0.2) is 8.78 Å². The van der Waals surface area contributed by atoms with Crippen molar-refractivity contribution >= 4 is 5.57 Å². The smallest absolute Gasteiger partial charge is 0.166 e. The summed E-state index contributed by atoms with van der Waals surface area (Å²) in [5.41, 5.74) is 2.06. The molecular formula is C31H44F2. The van der Waals surface area contributed by atoms with Gasteiger partial charge in [0, 0.05) is 5.56 Å². The van der Waals surface area contributed by atoms with Crippen LogP contribution >= 0.6 is 0 Å². The zero-order chi connectivity index (χ0) is 23.2. The van der Waals surface area contributed by atoms with Crippen LogP contribution in [0.5, 0.6) is 0 Å². The third-order valence-electron chi connectivity index (χ3n) is 9.31. The number of unbranched alkanes of at least 4 members (excludes halogenated alkanes) is 2. The van der Waals surface area contributed by atoms with Crippen LogP contribution < -0.4 is 0 Å². The van der Waals surface area contributed by atoms with Gasteiger partial charge in [-0.2, -0.15) is 0 Å². The molecule has 3 aliphatic rings. The lowest BCUT2D eigenvalue weighted by atomic mass is 9.66. The Morgan fingerprint density at radius 1 is 0.818 bits per heavy atom. The molecule has 4 rings (SSSR count). The average molecular weight is 455 g/mol. The molecule has 3 aliphatic carbocycles. The summed E-state index contributed by atoms with van der Waals surface area (Å²) in [6.45, 7) is 6.12. The summed E-state index contributed by atoms with van der Waals surface area (Å²) in [5, 5.41) is 0. The molecule has 1 atom stereocenters. The van der Waals surface area contributed by atoms with Gasteiger partial charge >= 0.3 is 0 Å². The van der Waals surface area contributed by atoms with Crippen LogP contribution in [0.3, 0.4) is 0 Å². The Kier molecular flexibility index (Phi) is 8.83. The van der Waals surface area contributed by atoms with Crippen LogP contribution in [0, 0.1) is 41.2 Å². The van der Waals surface area contributed by atoms with E-state index < -0.39 is 11.6 Å². The highest BCUT2D eigenvalue weighted by atomic mass is 19.2. The predicted molar refractivity (Wildman–Crippen MR) is 136 cm³/mol. The summed E-state index contributed by atoms with van der Waals surface area (Å²) >= 11 is 0. The highest BCUT2D eigenvalue weighted by molar-refractivity contribution is 5.67. The van der Waals surface area contributed by atoms with Gasteiger partial charge in [-0.3, -0.25) is 0 Å². The van der Waals surface area contributed by atoms with Crippen molar-refractivity contribution in [2.24, 2.45) is 29.6 Å². The Labute approximate surface area is 200 Å². The first kappa shape index (κ1) is 24.7. The maximum Gasteiger partial charge on any atom is 0.166 e. The molecule has 2 saturated carbocycles. The fraction of sp³-hybridized carbons (Fsp3) is 0.677. The van der Waals surface area contributed by atoms with Crippen LogP contribution in [0.1, 0.15) is 108 Å². The predicted octanol–water partition coefficient (Wildman–Crippen LogP) is 9.68. The molecule has 2 heteroatoms. The minimum absolute atomic E-state index is 0.504. The van der Waals surface area contributed by atoms with Crippen molar-refractivity contribution in [3.05, 3.63) is 53.6 Å². The van der Waals surface area contributed by atoms with E-state index in [1.54, 1.807) is 0 Å². The molecule has 0 amide bonds. The molecule has 182 valence electrons. The highest BCUT2D eigenvalue weighted by Gasteiger charge is 2.33. The Hall–Kier alpha value is -1.44. The van der Waals surface area contributed by atoms with E-state index in [-0.39, 0.29) is 0 Å². The molecule has 0 N–H and O–H groups in total. The lowest BCUT2D eigenvalue weighted by molar-refractivity contribution is 0.128. The zero-order valence-corrected chi connectivity index (χ0v) is 20.8. The molecule has 0 bridgehead atoms. The molecule has 0 heterocycles. The van der Waals surface area contributed by atoms with Gasteiger partial charge in [0.2, 0.25) is 0 Å². The lowest BCUT2D eigenvalue weighted by Crippen LogP contribution is -2.28. The minimum Gasteiger partial charge on any atom is -0.203 e. The van der Waals surface area contributed by atoms with E-state index in [0.29, 0.717) is 17.5 Å². The van der Waals surface area contributed by atoms with Crippen LogP contribution in [-0.2, 0) is 6.42 Å². The Bertz CT molecular complexity index is 806. The first-order chi connectivity index (χ1) is 16.1. The summed E-state index contributed by atoms with van der Waals surface area (Å²) in [6.07, 6.45) is 22.2. The summed E-state index contributed by atoms with van der Waals surface area (Å²) in [5.74, 6) is 2.96. The fourth-order valence-corrected chi connectivity index (χ4v) is 7.06. The molecule has 0 aromatic heterocycles. The largest absolute Gasteiger partial charge is 0.203 e. The molecule has 1 aromatic rings. The highest BCUT2D eigenvalue weighted by Crippen LogP contribution is 2.46. The second-order valence-electron chi connectivity index (χ2n) is 11.2. The van der Waals surface area contributed by atoms with Crippen LogP contribution in [0.15, 0.2) is 30.9 Å². The van der Waals surface area contributed by atoms with Gasteiger partial charge in [-0.15, -0.1) is 6.58 Å². The quantitative estimate of drug-likeness (QED) is 0.271. The number of rotatable bonds is 8. The van der Waals surface area contributed by atoms with Crippen molar-refractivity contribution in [2.45, 2.75) is 103 Å². The molecule has 0 nitrogen and oxygen atoms in total. The second-order valence-corrected chi connectivity index (χ2v) is 11.2. The van der Waals surface area contributed by atoms with Gasteiger partial charge in [0.05, 0.1) is 0 Å². The Morgan fingerprint density at radius 3 is 2.03 bits per heavy atom. The van der Waals surface area contributed by atoms with E-state index >= 15 is 0 Å². The topological polar surface area (TPSA) is 0 Å². The van der Waals surface area contributed by atoms with E-state index in [1.807, 2.05) is 12.1 Å². The van der Waals surface area contributed by atoms with E-state index in [9.17, 15) is 8.78 Å². The van der Waals surface area contributed by atoms with Crippen molar-refractivity contribution < 1.29 is 8.78 Å². The molecule has 1 aromatic carbocycles. The first-order valence-corrected chi connectivity index (χ1v) is 13.9. The van der Waals surface area contributed by atoms with Gasteiger partial charge in [0.15, 0.2) is 11.6 Å². The van der Waals surface area contributed by atoms with Gasteiger partial charge in [0.25, 0.3) is 0 Å². The van der Waals surface area contributed by atoms with Gasteiger partial charge in [-0.1, -0.05) is 44.1 Å². The van der Waals surface area contributed by atoms with Crippen molar-refractivity contribution in [1.82, 2.24) is 0 Å². The SMILES string of the molecule is C=CC1CCC(C2CCC(C3CC=C(c4ccc(CCCCC)c(F)c4F)CC3)CC2)CC1. The van der Waals surface area contributed by atoms with E-state index in [4.69, 9.17) is 0 Å². The average Bonchev–Trinajstić information content (AvgIpc) is 2.87. The fourth-order valence-electron chi connectivity index (χ4n) is 7.06. The molecule has 0 aliphatic heterocycles. The standard InChI is InChI=1S/C31H44F2/c1-3-5-6-7-28-20-21-29(31(33)30(28)32)27-18-16-26(17-19-27)25-14-12-24(13-15-25)23-10-8-22(4-2)9-11-23/h4,18,20-26H,2-3,5-17,19H2,1H3. The zero-order valence-electron chi connectivity index (χ0n) is 20.8. The summed E-state index contributed by atoms with van der Waals surface area (Å²) < 4.78 is 29.5. The van der Waals surface area contributed by atoms with Crippen LogP contribution in [0.2, 0.25) is 0 Å². The number of halogens is 2. The van der Waals surface area contributed by atoms with E-state index in [0.717, 1.165) is 73.7 Å². The third kappa shape index (κ3) is 5.98. The number of hydrogen-bond acceptors (Lipinski definition) is 0. The van der Waals surface area contributed by atoms with Gasteiger partial charge < -0.3 is 0 Å². The number of allylic oxidation sites excluding steroid dienone is 3. The van der Waals surface area contributed by atoms with Crippen molar-refractivity contribution in [2.75, 3.05) is 0 Å². The molecule has 0 saturated heterocycles. The molecule has 1 unspecified atom stereocenters. The molecule has 33 heavy (non-hydrogen) atoms. The number of hydrogen-bond donors (Lipinski definition) is 0. The molecule has 0 radical (unpaired) electrons. The minimum atomic E-state index is -0.625. The van der Waals surface area contributed by atoms with Crippen LogP contribution in [-0.4, -0.2) is 0 Å². The Balaban J connectivity index is 1.29.